The highest BCUT2D eigenvalue weighted by Gasteiger charge is 2.06. The maximum Gasteiger partial charge on any atom is 0.276 e. The summed E-state index contributed by atoms with van der Waals surface area (Å²) in [7, 11) is 0. The Balaban J connectivity index is 1.74. The van der Waals surface area contributed by atoms with Crippen molar-refractivity contribution in [1.82, 2.24) is 10.9 Å². The molecule has 0 saturated carbocycles. The molecule has 0 bridgehead atoms. The van der Waals surface area contributed by atoms with E-state index < -0.39 is 11.8 Å². The molecular weight excluding hydrogens is 336 g/mol. The number of nitrogens with one attached hydrogen (secondary N) is 2. The standard InChI is InChI=1S/C16H15ClN2O3S/c1-11-8-9-23-14(11)6-7-15(20)18-19-16(21)10-22-13-5-3-2-4-12(13)17/h2-9H,10H2,1H3,(H,18,20)(H,19,21)/b7-6+. The fourth-order valence-electron chi connectivity index (χ4n) is 1.62. The molecule has 1 aromatic heterocycles. The van der Waals surface area contributed by atoms with Crippen molar-refractivity contribution in [2.75, 3.05) is 6.61 Å². The first-order valence-electron chi connectivity index (χ1n) is 6.74. The van der Waals surface area contributed by atoms with Crippen molar-refractivity contribution in [3.05, 3.63) is 57.3 Å². The number of amides is 2. The molecule has 120 valence electrons. The van der Waals surface area contributed by atoms with Gasteiger partial charge >= 0.3 is 0 Å². The molecule has 0 unspecified atom stereocenters. The van der Waals surface area contributed by atoms with E-state index in [1.165, 1.54) is 17.4 Å². The highest BCUT2D eigenvalue weighted by molar-refractivity contribution is 7.11. The van der Waals surface area contributed by atoms with Crippen molar-refractivity contribution in [2.24, 2.45) is 0 Å². The zero-order chi connectivity index (χ0) is 16.7. The Morgan fingerprint density at radius 1 is 1.26 bits per heavy atom. The Labute approximate surface area is 142 Å². The second-order valence-electron chi connectivity index (χ2n) is 4.56. The number of hydrogen-bond acceptors (Lipinski definition) is 4. The molecule has 0 aliphatic carbocycles. The third-order valence-electron chi connectivity index (χ3n) is 2.81. The van der Waals surface area contributed by atoms with E-state index in [1.807, 2.05) is 18.4 Å². The normalized spacial score (nSPS) is 10.5. The SMILES string of the molecule is Cc1ccsc1/C=C/C(=O)NNC(=O)COc1ccccc1Cl. The fraction of sp³-hybridized carbons (Fsp3) is 0.125. The summed E-state index contributed by atoms with van der Waals surface area (Å²) in [5.41, 5.74) is 5.64. The number of hydrogen-bond donors (Lipinski definition) is 2. The number of ether oxygens (including phenoxy) is 1. The first kappa shape index (κ1) is 17.1. The van der Waals surface area contributed by atoms with Gasteiger partial charge in [-0.3, -0.25) is 20.4 Å². The molecule has 5 nitrogen and oxygen atoms in total. The van der Waals surface area contributed by atoms with E-state index >= 15 is 0 Å². The average molecular weight is 351 g/mol. The van der Waals surface area contributed by atoms with E-state index in [2.05, 4.69) is 10.9 Å². The van der Waals surface area contributed by atoms with Gasteiger partial charge < -0.3 is 4.74 Å². The van der Waals surface area contributed by atoms with Gasteiger partial charge in [-0.1, -0.05) is 23.7 Å². The van der Waals surface area contributed by atoms with Gasteiger partial charge in [0.25, 0.3) is 11.8 Å². The zero-order valence-electron chi connectivity index (χ0n) is 12.3. The summed E-state index contributed by atoms with van der Waals surface area (Å²) in [6, 6.07) is 8.79. The van der Waals surface area contributed by atoms with Crippen LogP contribution in [0.1, 0.15) is 10.4 Å². The minimum Gasteiger partial charge on any atom is -0.482 e. The van der Waals surface area contributed by atoms with E-state index in [4.69, 9.17) is 16.3 Å². The summed E-state index contributed by atoms with van der Waals surface area (Å²) >= 11 is 7.44. The van der Waals surface area contributed by atoms with Crippen LogP contribution in [0.15, 0.2) is 41.8 Å². The van der Waals surface area contributed by atoms with Gasteiger partial charge in [0.2, 0.25) is 0 Å². The molecule has 0 saturated heterocycles. The minimum absolute atomic E-state index is 0.252. The number of aryl methyl sites for hydroxylation is 1. The molecule has 2 amide bonds. The number of thiophene rings is 1. The van der Waals surface area contributed by atoms with Crippen LogP contribution >= 0.6 is 22.9 Å². The molecule has 2 N–H and O–H groups in total. The van der Waals surface area contributed by atoms with E-state index in [0.29, 0.717) is 10.8 Å². The van der Waals surface area contributed by atoms with Crippen molar-refractivity contribution >= 4 is 40.8 Å². The Bertz CT molecular complexity index is 728. The topological polar surface area (TPSA) is 67.4 Å². The first-order chi connectivity index (χ1) is 11.1. The Kier molecular flexibility index (Phi) is 6.19. The second kappa shape index (κ2) is 8.36. The van der Waals surface area contributed by atoms with Crippen LogP contribution in [-0.4, -0.2) is 18.4 Å². The molecular formula is C16H15ClN2O3S. The van der Waals surface area contributed by atoms with Crippen LogP contribution in [0.2, 0.25) is 5.02 Å². The Morgan fingerprint density at radius 3 is 2.74 bits per heavy atom. The molecule has 7 heteroatoms. The van der Waals surface area contributed by atoms with Crippen molar-refractivity contribution in [2.45, 2.75) is 6.92 Å². The van der Waals surface area contributed by atoms with Gasteiger partial charge in [0, 0.05) is 11.0 Å². The maximum absolute atomic E-state index is 11.6. The van der Waals surface area contributed by atoms with E-state index in [1.54, 1.807) is 30.3 Å². The van der Waals surface area contributed by atoms with E-state index in [-0.39, 0.29) is 6.61 Å². The first-order valence-corrected chi connectivity index (χ1v) is 8.00. The van der Waals surface area contributed by atoms with Gasteiger partial charge in [-0.05, 0) is 42.1 Å². The van der Waals surface area contributed by atoms with Gasteiger partial charge in [-0.15, -0.1) is 11.3 Å². The molecule has 2 rings (SSSR count). The highest BCUT2D eigenvalue weighted by Crippen LogP contribution is 2.22. The summed E-state index contributed by atoms with van der Waals surface area (Å²) in [5, 5.41) is 2.36. The molecule has 0 fully saturated rings. The van der Waals surface area contributed by atoms with Crippen molar-refractivity contribution in [3.8, 4) is 5.75 Å². The van der Waals surface area contributed by atoms with Gasteiger partial charge in [-0.2, -0.15) is 0 Å². The molecule has 0 spiro atoms. The van der Waals surface area contributed by atoms with E-state index in [9.17, 15) is 9.59 Å². The quantitative estimate of drug-likeness (QED) is 0.643. The van der Waals surface area contributed by atoms with Crippen molar-refractivity contribution in [3.63, 3.8) is 0 Å². The largest absolute Gasteiger partial charge is 0.482 e. The van der Waals surface area contributed by atoms with Crippen LogP contribution in [0.3, 0.4) is 0 Å². The van der Waals surface area contributed by atoms with Gasteiger partial charge in [-0.25, -0.2) is 0 Å². The number of carbonyl (C=O) groups excluding carboxylic acids is 2. The van der Waals surface area contributed by atoms with Crippen LogP contribution in [0.4, 0.5) is 0 Å². The minimum atomic E-state index is -0.487. The lowest BCUT2D eigenvalue weighted by atomic mass is 10.3. The summed E-state index contributed by atoms with van der Waals surface area (Å²) in [5.74, 6) is -0.508. The average Bonchev–Trinajstić information content (AvgIpc) is 2.95. The Hall–Kier alpha value is -2.31. The molecule has 2 aromatic rings. The second-order valence-corrected chi connectivity index (χ2v) is 5.91. The summed E-state index contributed by atoms with van der Waals surface area (Å²) in [4.78, 5) is 24.2. The predicted molar refractivity (Wildman–Crippen MR) is 91.3 cm³/mol. The van der Waals surface area contributed by atoms with Crippen molar-refractivity contribution in [1.29, 1.82) is 0 Å². The van der Waals surface area contributed by atoms with Crippen molar-refractivity contribution < 1.29 is 14.3 Å². The van der Waals surface area contributed by atoms with Crippen LogP contribution in [-0.2, 0) is 9.59 Å². The molecule has 1 heterocycles. The molecule has 0 aliphatic heterocycles. The lowest BCUT2D eigenvalue weighted by Gasteiger charge is -2.08. The molecule has 23 heavy (non-hydrogen) atoms. The maximum atomic E-state index is 11.6. The zero-order valence-corrected chi connectivity index (χ0v) is 13.9. The van der Waals surface area contributed by atoms with Crippen LogP contribution in [0.5, 0.6) is 5.75 Å². The lowest BCUT2D eigenvalue weighted by molar-refractivity contribution is -0.128. The smallest absolute Gasteiger partial charge is 0.276 e. The summed E-state index contributed by atoms with van der Waals surface area (Å²) in [6.45, 7) is 1.71. The number of carbonyl (C=O) groups is 2. The number of hydrazine groups is 1. The fourth-order valence-corrected chi connectivity index (χ4v) is 2.63. The lowest BCUT2D eigenvalue weighted by Crippen LogP contribution is -2.43. The van der Waals surface area contributed by atoms with Gasteiger partial charge in [0.15, 0.2) is 6.61 Å². The van der Waals surface area contributed by atoms with Crippen LogP contribution in [0.25, 0.3) is 6.08 Å². The molecule has 1 aromatic carbocycles. The third-order valence-corrected chi connectivity index (χ3v) is 4.10. The summed E-state index contributed by atoms with van der Waals surface area (Å²) in [6.07, 6.45) is 3.05. The highest BCUT2D eigenvalue weighted by atomic mass is 35.5. The number of rotatable bonds is 5. The predicted octanol–water partition coefficient (Wildman–Crippen LogP) is 2.95. The number of halogens is 1. The molecule has 0 radical (unpaired) electrons. The van der Waals surface area contributed by atoms with Crippen LogP contribution < -0.4 is 15.6 Å². The summed E-state index contributed by atoms with van der Waals surface area (Å²) < 4.78 is 5.25. The Morgan fingerprint density at radius 2 is 2.04 bits per heavy atom. The molecule has 0 atom stereocenters. The molecule has 0 aliphatic rings. The number of benzene rings is 1. The van der Waals surface area contributed by atoms with Gasteiger partial charge in [0.1, 0.15) is 5.75 Å². The monoisotopic (exact) mass is 350 g/mol. The van der Waals surface area contributed by atoms with Crippen LogP contribution in [0, 0.1) is 6.92 Å². The van der Waals surface area contributed by atoms with Gasteiger partial charge in [0.05, 0.1) is 5.02 Å². The van der Waals surface area contributed by atoms with E-state index in [0.717, 1.165) is 10.4 Å². The number of para-hydroxylation sites is 1. The third kappa shape index (κ3) is 5.43.